The van der Waals surface area contributed by atoms with Crippen LogP contribution in [0.2, 0.25) is 0 Å². The first kappa shape index (κ1) is 16.3. The summed E-state index contributed by atoms with van der Waals surface area (Å²) < 4.78 is 10.3. The Morgan fingerprint density at radius 3 is 2.92 bits per heavy atom. The molecular formula is C18H16O5S. The summed E-state index contributed by atoms with van der Waals surface area (Å²) in [6.45, 7) is 0.00467. The molecule has 24 heavy (non-hydrogen) atoms. The second kappa shape index (κ2) is 7.31. The van der Waals surface area contributed by atoms with Crippen molar-refractivity contribution in [2.75, 3.05) is 0 Å². The van der Waals surface area contributed by atoms with Crippen LogP contribution < -0.4 is 5.63 Å². The summed E-state index contributed by atoms with van der Waals surface area (Å²) >= 11 is 1.67. The third kappa shape index (κ3) is 4.02. The summed E-state index contributed by atoms with van der Waals surface area (Å²) in [5.41, 5.74) is 0.288. The van der Waals surface area contributed by atoms with E-state index in [2.05, 4.69) is 0 Å². The molecule has 0 aliphatic heterocycles. The summed E-state index contributed by atoms with van der Waals surface area (Å²) in [7, 11) is 0. The van der Waals surface area contributed by atoms with Crippen LogP contribution in [0.1, 0.15) is 23.3 Å². The molecule has 0 spiro atoms. The van der Waals surface area contributed by atoms with Crippen LogP contribution in [0.15, 0.2) is 51.0 Å². The highest BCUT2D eigenvalue weighted by Gasteiger charge is 2.10. The molecule has 124 valence electrons. The molecule has 0 fully saturated rings. The van der Waals surface area contributed by atoms with Gasteiger partial charge in [0, 0.05) is 34.4 Å². The van der Waals surface area contributed by atoms with Gasteiger partial charge in [-0.1, -0.05) is 6.07 Å². The maximum absolute atomic E-state index is 11.9. The van der Waals surface area contributed by atoms with Gasteiger partial charge in [-0.15, -0.1) is 11.3 Å². The lowest BCUT2D eigenvalue weighted by atomic mass is 10.1. The number of aromatic hydroxyl groups is 1. The van der Waals surface area contributed by atoms with Gasteiger partial charge in [-0.25, -0.2) is 4.79 Å². The Labute approximate surface area is 142 Å². The molecule has 0 aliphatic carbocycles. The lowest BCUT2D eigenvalue weighted by molar-refractivity contribution is -0.145. The minimum absolute atomic E-state index is 0.00467. The fraction of sp³-hybridized carbons (Fsp3) is 0.222. The van der Waals surface area contributed by atoms with Crippen LogP contribution >= 0.6 is 11.3 Å². The minimum Gasteiger partial charge on any atom is -0.508 e. The van der Waals surface area contributed by atoms with Crippen LogP contribution in [-0.4, -0.2) is 11.1 Å². The third-order valence-electron chi connectivity index (χ3n) is 3.59. The smallest absolute Gasteiger partial charge is 0.336 e. The second-order valence-corrected chi connectivity index (χ2v) is 6.40. The van der Waals surface area contributed by atoms with E-state index in [1.165, 1.54) is 23.1 Å². The number of thiophene rings is 1. The lowest BCUT2D eigenvalue weighted by Gasteiger charge is -2.07. The molecule has 3 rings (SSSR count). The summed E-state index contributed by atoms with van der Waals surface area (Å²) in [6.07, 6.45) is 1.91. The number of aryl methyl sites for hydroxylation is 1. The molecule has 2 heterocycles. The Balaban J connectivity index is 1.60. The maximum atomic E-state index is 11.9. The Hall–Kier alpha value is -2.60. The van der Waals surface area contributed by atoms with Crippen LogP contribution in [0.4, 0.5) is 0 Å². The van der Waals surface area contributed by atoms with Crippen LogP contribution in [0.5, 0.6) is 5.75 Å². The molecule has 2 aromatic heterocycles. The largest absolute Gasteiger partial charge is 0.508 e. The zero-order valence-corrected chi connectivity index (χ0v) is 13.7. The van der Waals surface area contributed by atoms with Crippen molar-refractivity contribution in [3.8, 4) is 5.75 Å². The predicted molar refractivity (Wildman–Crippen MR) is 91.2 cm³/mol. The molecular weight excluding hydrogens is 328 g/mol. The Morgan fingerprint density at radius 1 is 1.25 bits per heavy atom. The van der Waals surface area contributed by atoms with Crippen LogP contribution in [0, 0.1) is 0 Å². The molecule has 3 aromatic rings. The Kier molecular flexibility index (Phi) is 4.96. The topological polar surface area (TPSA) is 76.7 Å². The normalized spacial score (nSPS) is 10.8. The fourth-order valence-corrected chi connectivity index (χ4v) is 3.18. The number of carbonyl (C=O) groups is 1. The number of rotatable bonds is 6. The summed E-state index contributed by atoms with van der Waals surface area (Å²) in [5, 5.41) is 12.1. The number of fused-ring (bicyclic) bond motifs is 1. The average Bonchev–Trinajstić information content (AvgIpc) is 3.05. The predicted octanol–water partition coefficient (Wildman–Crippen LogP) is 3.63. The number of phenols is 1. The van der Waals surface area contributed by atoms with Gasteiger partial charge in [-0.3, -0.25) is 4.79 Å². The number of carbonyl (C=O) groups excluding carboxylic acids is 1. The van der Waals surface area contributed by atoms with Crippen molar-refractivity contribution < 1.29 is 19.1 Å². The van der Waals surface area contributed by atoms with Gasteiger partial charge in [0.1, 0.15) is 17.9 Å². The first-order valence-electron chi connectivity index (χ1n) is 7.55. The van der Waals surface area contributed by atoms with Crippen molar-refractivity contribution in [2.45, 2.75) is 25.9 Å². The molecule has 0 radical (unpaired) electrons. The third-order valence-corrected chi connectivity index (χ3v) is 4.52. The molecule has 0 unspecified atom stereocenters. The summed E-state index contributed by atoms with van der Waals surface area (Å²) in [4.78, 5) is 24.7. The number of ether oxygens (including phenoxy) is 1. The number of hydrogen-bond acceptors (Lipinski definition) is 6. The van der Waals surface area contributed by atoms with Gasteiger partial charge in [-0.2, -0.15) is 0 Å². The second-order valence-electron chi connectivity index (χ2n) is 5.36. The molecule has 0 amide bonds. The molecule has 0 saturated heterocycles. The standard InChI is InChI=1S/C18H16O5S/c19-13-6-7-15-12(9-18(21)23-16(15)10-13)11-22-17(20)5-1-3-14-4-2-8-24-14/h2,4,6-10,19H,1,3,5,11H2. The maximum Gasteiger partial charge on any atom is 0.336 e. The Bertz CT molecular complexity index is 895. The van der Waals surface area contributed by atoms with Gasteiger partial charge < -0.3 is 14.3 Å². The highest BCUT2D eigenvalue weighted by Crippen LogP contribution is 2.22. The van der Waals surface area contributed by atoms with E-state index in [9.17, 15) is 14.7 Å². The molecule has 0 bridgehead atoms. The first-order valence-corrected chi connectivity index (χ1v) is 8.43. The van der Waals surface area contributed by atoms with E-state index in [4.69, 9.17) is 9.15 Å². The van der Waals surface area contributed by atoms with E-state index in [-0.39, 0.29) is 23.9 Å². The molecule has 6 heteroatoms. The molecule has 0 aliphatic rings. The number of phenolic OH excluding ortho intramolecular Hbond substituents is 1. The molecule has 1 aromatic carbocycles. The molecule has 5 nitrogen and oxygen atoms in total. The highest BCUT2D eigenvalue weighted by molar-refractivity contribution is 7.09. The average molecular weight is 344 g/mol. The molecule has 0 saturated carbocycles. The SMILES string of the molecule is O=C(CCCc1cccs1)OCc1cc(=O)oc2cc(O)ccc12. The monoisotopic (exact) mass is 344 g/mol. The van der Waals surface area contributed by atoms with Crippen molar-refractivity contribution in [1.29, 1.82) is 0 Å². The van der Waals surface area contributed by atoms with Gasteiger partial charge in [0.2, 0.25) is 0 Å². The van der Waals surface area contributed by atoms with E-state index in [0.29, 0.717) is 17.4 Å². The van der Waals surface area contributed by atoms with E-state index >= 15 is 0 Å². The van der Waals surface area contributed by atoms with Crippen LogP contribution in [-0.2, 0) is 22.6 Å². The van der Waals surface area contributed by atoms with Gasteiger partial charge in [0.05, 0.1) is 0 Å². The van der Waals surface area contributed by atoms with Crippen LogP contribution in [0.25, 0.3) is 11.0 Å². The van der Waals surface area contributed by atoms with E-state index in [1.807, 2.05) is 17.5 Å². The number of hydrogen-bond donors (Lipinski definition) is 1. The van der Waals surface area contributed by atoms with Gasteiger partial charge in [-0.05, 0) is 36.4 Å². The van der Waals surface area contributed by atoms with E-state index in [0.717, 1.165) is 12.8 Å². The number of benzene rings is 1. The van der Waals surface area contributed by atoms with Crippen molar-refractivity contribution in [1.82, 2.24) is 0 Å². The summed E-state index contributed by atoms with van der Waals surface area (Å²) in [6, 6.07) is 9.83. The van der Waals surface area contributed by atoms with Gasteiger partial charge in [0.25, 0.3) is 0 Å². The molecule has 0 atom stereocenters. The zero-order valence-electron chi connectivity index (χ0n) is 12.9. The lowest BCUT2D eigenvalue weighted by Crippen LogP contribution is -2.07. The van der Waals surface area contributed by atoms with Gasteiger partial charge >= 0.3 is 11.6 Å². The van der Waals surface area contributed by atoms with Crippen molar-refractivity contribution in [3.63, 3.8) is 0 Å². The Morgan fingerprint density at radius 2 is 2.12 bits per heavy atom. The summed E-state index contributed by atoms with van der Waals surface area (Å²) in [5.74, 6) is -0.292. The quantitative estimate of drug-likeness (QED) is 0.546. The van der Waals surface area contributed by atoms with Gasteiger partial charge in [0.15, 0.2) is 0 Å². The van der Waals surface area contributed by atoms with E-state index in [1.54, 1.807) is 17.4 Å². The van der Waals surface area contributed by atoms with Crippen molar-refractivity contribution in [2.24, 2.45) is 0 Å². The highest BCUT2D eigenvalue weighted by atomic mass is 32.1. The van der Waals surface area contributed by atoms with Crippen molar-refractivity contribution in [3.05, 3.63) is 62.6 Å². The zero-order chi connectivity index (χ0) is 16.9. The molecule has 1 N–H and O–H groups in total. The first-order chi connectivity index (χ1) is 11.6. The number of esters is 1. The van der Waals surface area contributed by atoms with Crippen molar-refractivity contribution >= 4 is 28.3 Å². The van der Waals surface area contributed by atoms with Crippen LogP contribution in [0.3, 0.4) is 0 Å². The fourth-order valence-electron chi connectivity index (χ4n) is 2.43. The van der Waals surface area contributed by atoms with E-state index < -0.39 is 5.63 Å². The minimum atomic E-state index is -0.545.